The molecule has 1 unspecified atom stereocenters. The molecule has 4 nitrogen and oxygen atoms in total. The van der Waals surface area contributed by atoms with Crippen LogP contribution < -0.4 is 0 Å². The number of piperidine rings is 1. The second kappa shape index (κ2) is 5.98. The minimum absolute atomic E-state index is 0.215. The molecule has 4 heteroatoms. The van der Waals surface area contributed by atoms with Crippen LogP contribution in [0.1, 0.15) is 44.0 Å². The van der Waals surface area contributed by atoms with Crippen LogP contribution in [0, 0.1) is 0 Å². The van der Waals surface area contributed by atoms with E-state index < -0.39 is 0 Å². The second-order valence-corrected chi connectivity index (χ2v) is 6.18. The summed E-state index contributed by atoms with van der Waals surface area (Å²) in [6.45, 7) is 7.30. The van der Waals surface area contributed by atoms with E-state index in [1.165, 1.54) is 18.4 Å². The van der Waals surface area contributed by atoms with Gasteiger partial charge in [0.25, 0.3) is 0 Å². The van der Waals surface area contributed by atoms with E-state index >= 15 is 0 Å². The van der Waals surface area contributed by atoms with Gasteiger partial charge in [-0.05, 0) is 24.9 Å². The molecule has 1 aromatic carbocycles. The summed E-state index contributed by atoms with van der Waals surface area (Å²) >= 11 is 0. The van der Waals surface area contributed by atoms with E-state index in [9.17, 15) is 0 Å². The minimum Gasteiger partial charge on any atom is -0.424 e. The molecular formula is C17H23N3O. The fraction of sp³-hybridized carbons (Fsp3) is 0.529. The van der Waals surface area contributed by atoms with E-state index in [0.717, 1.165) is 37.8 Å². The number of hydrogen-bond donors (Lipinski definition) is 0. The first-order valence-electron chi connectivity index (χ1n) is 7.79. The topological polar surface area (TPSA) is 42.2 Å². The van der Waals surface area contributed by atoms with E-state index in [2.05, 4.69) is 52.4 Å². The normalized spacial score (nSPS) is 23.3. The first kappa shape index (κ1) is 14.3. The summed E-state index contributed by atoms with van der Waals surface area (Å²) in [6.07, 6.45) is 3.24. The highest BCUT2D eigenvalue weighted by molar-refractivity contribution is 5.25. The number of likely N-dealkylation sites (tertiary alicyclic amines) is 1. The SMILES string of the molecule is CCc1nnc(CN2CCCC(C)(c3ccccc3)C2)o1. The van der Waals surface area contributed by atoms with Crippen molar-refractivity contribution in [3.8, 4) is 0 Å². The Hall–Kier alpha value is -1.68. The van der Waals surface area contributed by atoms with Gasteiger partial charge in [-0.1, -0.05) is 44.2 Å². The Labute approximate surface area is 126 Å². The zero-order valence-corrected chi connectivity index (χ0v) is 12.9. The third-order valence-corrected chi connectivity index (χ3v) is 4.42. The first-order valence-corrected chi connectivity index (χ1v) is 7.79. The van der Waals surface area contributed by atoms with Gasteiger partial charge in [0, 0.05) is 18.4 Å². The van der Waals surface area contributed by atoms with Gasteiger partial charge in [-0.15, -0.1) is 10.2 Å². The summed E-state index contributed by atoms with van der Waals surface area (Å²) in [5, 5.41) is 8.19. The summed E-state index contributed by atoms with van der Waals surface area (Å²) in [5.41, 5.74) is 1.64. The number of aromatic nitrogens is 2. The monoisotopic (exact) mass is 285 g/mol. The van der Waals surface area contributed by atoms with Crippen LogP contribution in [-0.2, 0) is 18.4 Å². The molecule has 0 N–H and O–H groups in total. The third-order valence-electron chi connectivity index (χ3n) is 4.42. The Kier molecular flexibility index (Phi) is 4.06. The molecule has 0 amide bonds. The van der Waals surface area contributed by atoms with E-state index in [0.29, 0.717) is 0 Å². The number of nitrogens with zero attached hydrogens (tertiary/aromatic N) is 3. The quantitative estimate of drug-likeness (QED) is 0.865. The lowest BCUT2D eigenvalue weighted by Crippen LogP contribution is -2.43. The standard InChI is InChI=1S/C17H23N3O/c1-3-15-18-19-16(21-15)12-20-11-7-10-17(2,13-20)14-8-5-4-6-9-14/h4-6,8-9H,3,7,10-13H2,1-2H3. The molecule has 2 heterocycles. The number of aryl methyl sites for hydroxylation is 1. The molecule has 1 aromatic heterocycles. The Morgan fingerprint density at radius 3 is 2.67 bits per heavy atom. The summed E-state index contributed by atoms with van der Waals surface area (Å²) in [4.78, 5) is 2.43. The van der Waals surface area contributed by atoms with Gasteiger partial charge in [0.2, 0.25) is 11.8 Å². The largest absolute Gasteiger partial charge is 0.424 e. The summed E-state index contributed by atoms with van der Waals surface area (Å²) in [5.74, 6) is 1.47. The molecule has 0 saturated carbocycles. The molecule has 0 radical (unpaired) electrons. The van der Waals surface area contributed by atoms with Crippen molar-refractivity contribution in [3.63, 3.8) is 0 Å². The highest BCUT2D eigenvalue weighted by Gasteiger charge is 2.32. The van der Waals surface area contributed by atoms with Crippen LogP contribution in [0.25, 0.3) is 0 Å². The summed E-state index contributed by atoms with van der Waals surface area (Å²) in [6, 6.07) is 10.8. The first-order chi connectivity index (χ1) is 10.2. The molecule has 0 aliphatic carbocycles. The fourth-order valence-electron chi connectivity index (χ4n) is 3.24. The lowest BCUT2D eigenvalue weighted by Gasteiger charge is -2.40. The third kappa shape index (κ3) is 3.16. The molecule has 1 saturated heterocycles. The summed E-state index contributed by atoms with van der Waals surface area (Å²) < 4.78 is 5.65. The second-order valence-electron chi connectivity index (χ2n) is 6.18. The van der Waals surface area contributed by atoms with Gasteiger partial charge in [-0.3, -0.25) is 4.90 Å². The Bertz CT molecular complexity index is 581. The van der Waals surface area contributed by atoms with Crippen molar-refractivity contribution in [2.45, 2.75) is 45.1 Å². The lowest BCUT2D eigenvalue weighted by molar-refractivity contribution is 0.138. The molecule has 1 aliphatic heterocycles. The minimum atomic E-state index is 0.215. The maximum atomic E-state index is 5.65. The molecule has 1 aliphatic rings. The summed E-state index contributed by atoms with van der Waals surface area (Å²) in [7, 11) is 0. The van der Waals surface area contributed by atoms with Crippen molar-refractivity contribution in [2.24, 2.45) is 0 Å². The Morgan fingerprint density at radius 1 is 1.19 bits per heavy atom. The van der Waals surface area contributed by atoms with Gasteiger partial charge in [0.1, 0.15) is 0 Å². The van der Waals surface area contributed by atoms with Gasteiger partial charge in [0.15, 0.2) is 0 Å². The zero-order valence-electron chi connectivity index (χ0n) is 12.9. The maximum absolute atomic E-state index is 5.65. The zero-order chi connectivity index (χ0) is 14.7. The van der Waals surface area contributed by atoms with Crippen LogP contribution in [0.4, 0.5) is 0 Å². The van der Waals surface area contributed by atoms with Crippen molar-refractivity contribution in [3.05, 3.63) is 47.7 Å². The van der Waals surface area contributed by atoms with Gasteiger partial charge in [0.05, 0.1) is 6.54 Å². The van der Waals surface area contributed by atoms with Crippen LogP contribution >= 0.6 is 0 Å². The van der Waals surface area contributed by atoms with Crippen LogP contribution in [0.2, 0.25) is 0 Å². The van der Waals surface area contributed by atoms with Crippen LogP contribution in [0.5, 0.6) is 0 Å². The highest BCUT2D eigenvalue weighted by Crippen LogP contribution is 2.33. The molecule has 0 spiro atoms. The average Bonchev–Trinajstić information content (AvgIpc) is 2.96. The molecule has 21 heavy (non-hydrogen) atoms. The van der Waals surface area contributed by atoms with E-state index in [1.54, 1.807) is 0 Å². The van der Waals surface area contributed by atoms with Crippen LogP contribution in [0.3, 0.4) is 0 Å². The van der Waals surface area contributed by atoms with Gasteiger partial charge in [-0.2, -0.15) is 0 Å². The van der Waals surface area contributed by atoms with E-state index in [-0.39, 0.29) is 5.41 Å². The van der Waals surface area contributed by atoms with Gasteiger partial charge < -0.3 is 4.42 Å². The number of benzene rings is 1. The maximum Gasteiger partial charge on any atom is 0.230 e. The lowest BCUT2D eigenvalue weighted by atomic mass is 9.76. The van der Waals surface area contributed by atoms with Crippen LogP contribution in [-0.4, -0.2) is 28.2 Å². The number of hydrogen-bond acceptors (Lipinski definition) is 4. The smallest absolute Gasteiger partial charge is 0.230 e. The molecular weight excluding hydrogens is 262 g/mol. The molecule has 1 fully saturated rings. The average molecular weight is 285 g/mol. The number of rotatable bonds is 4. The molecule has 112 valence electrons. The van der Waals surface area contributed by atoms with E-state index in [4.69, 9.17) is 4.42 Å². The predicted molar refractivity (Wildman–Crippen MR) is 82.0 cm³/mol. The molecule has 0 bridgehead atoms. The van der Waals surface area contributed by atoms with Crippen LogP contribution in [0.15, 0.2) is 34.7 Å². The fourth-order valence-corrected chi connectivity index (χ4v) is 3.24. The van der Waals surface area contributed by atoms with Gasteiger partial charge >= 0.3 is 0 Å². The highest BCUT2D eigenvalue weighted by atomic mass is 16.4. The van der Waals surface area contributed by atoms with E-state index in [1.807, 2.05) is 6.92 Å². The molecule has 1 atom stereocenters. The Balaban J connectivity index is 1.71. The predicted octanol–water partition coefficient (Wildman–Crippen LogP) is 3.19. The Morgan fingerprint density at radius 2 is 1.95 bits per heavy atom. The molecule has 2 aromatic rings. The van der Waals surface area contributed by atoms with Crippen molar-refractivity contribution in [1.29, 1.82) is 0 Å². The van der Waals surface area contributed by atoms with Crippen molar-refractivity contribution < 1.29 is 4.42 Å². The van der Waals surface area contributed by atoms with Crippen molar-refractivity contribution in [1.82, 2.24) is 15.1 Å². The molecule has 3 rings (SSSR count). The van der Waals surface area contributed by atoms with Crippen molar-refractivity contribution in [2.75, 3.05) is 13.1 Å². The van der Waals surface area contributed by atoms with Gasteiger partial charge in [-0.25, -0.2) is 0 Å². The van der Waals surface area contributed by atoms with Crippen molar-refractivity contribution >= 4 is 0 Å².